The highest BCUT2D eigenvalue weighted by Crippen LogP contribution is 2.24. The Bertz CT molecular complexity index is 295. The van der Waals surface area contributed by atoms with Crippen LogP contribution in [0.5, 0.6) is 0 Å². The van der Waals surface area contributed by atoms with Gasteiger partial charge in [-0.05, 0) is 26.1 Å². The maximum absolute atomic E-state index is 4.67. The number of thioether (sulfide) groups is 1. The van der Waals surface area contributed by atoms with Crippen molar-refractivity contribution in [3.05, 3.63) is 16.1 Å². The van der Waals surface area contributed by atoms with Crippen LogP contribution in [0.25, 0.3) is 0 Å². The lowest BCUT2D eigenvalue weighted by atomic mass is 10.0. The van der Waals surface area contributed by atoms with E-state index in [0.717, 1.165) is 18.1 Å². The third kappa shape index (κ3) is 3.78. The molecule has 86 valence electrons. The van der Waals surface area contributed by atoms with Crippen molar-refractivity contribution in [1.82, 2.24) is 10.3 Å². The third-order valence-corrected chi connectivity index (χ3v) is 4.16. The molecule has 0 radical (unpaired) electrons. The van der Waals surface area contributed by atoms with Gasteiger partial charge in [-0.2, -0.15) is 11.8 Å². The highest BCUT2D eigenvalue weighted by atomic mass is 32.2. The van der Waals surface area contributed by atoms with Crippen molar-refractivity contribution in [1.29, 1.82) is 0 Å². The summed E-state index contributed by atoms with van der Waals surface area (Å²) in [6, 6.07) is 0. The maximum Gasteiger partial charge on any atom is 0.103 e. The van der Waals surface area contributed by atoms with Gasteiger partial charge in [0, 0.05) is 11.1 Å². The van der Waals surface area contributed by atoms with E-state index in [2.05, 4.69) is 43.4 Å². The van der Waals surface area contributed by atoms with Crippen LogP contribution in [0, 0.1) is 0 Å². The van der Waals surface area contributed by atoms with Crippen molar-refractivity contribution in [2.24, 2.45) is 0 Å². The van der Waals surface area contributed by atoms with Crippen LogP contribution in [-0.4, -0.2) is 17.3 Å². The van der Waals surface area contributed by atoms with Crippen molar-refractivity contribution in [3.63, 3.8) is 0 Å². The third-order valence-electron chi connectivity index (χ3n) is 2.24. The molecule has 2 nitrogen and oxygen atoms in total. The van der Waals surface area contributed by atoms with E-state index in [9.17, 15) is 0 Å². The molecule has 0 unspecified atom stereocenters. The fourth-order valence-electron chi connectivity index (χ4n) is 1.39. The molecule has 0 saturated heterocycles. The lowest BCUT2D eigenvalue weighted by Crippen LogP contribution is -2.36. The number of rotatable bonds is 6. The molecule has 0 amide bonds. The molecule has 1 aromatic rings. The first-order chi connectivity index (χ1) is 7.10. The van der Waals surface area contributed by atoms with E-state index >= 15 is 0 Å². The smallest absolute Gasteiger partial charge is 0.103 e. The Labute approximate surface area is 101 Å². The Morgan fingerprint density at radius 1 is 1.47 bits per heavy atom. The van der Waals surface area contributed by atoms with Crippen LogP contribution in [0.15, 0.2) is 5.38 Å². The van der Waals surface area contributed by atoms with Crippen LogP contribution in [-0.2, 0) is 11.3 Å². The van der Waals surface area contributed by atoms with E-state index in [1.807, 2.05) is 11.8 Å². The summed E-state index contributed by atoms with van der Waals surface area (Å²) in [5, 5.41) is 6.86. The summed E-state index contributed by atoms with van der Waals surface area (Å²) >= 11 is 3.70. The fraction of sp³-hybridized carbons (Fsp3) is 0.727. The Morgan fingerprint density at radius 2 is 2.20 bits per heavy atom. The van der Waals surface area contributed by atoms with E-state index in [4.69, 9.17) is 0 Å². The van der Waals surface area contributed by atoms with Gasteiger partial charge in [-0.15, -0.1) is 11.3 Å². The summed E-state index contributed by atoms with van der Waals surface area (Å²) in [6.07, 6.45) is 0. The number of nitrogens with zero attached hydrogens (tertiary/aromatic N) is 1. The largest absolute Gasteiger partial charge is 0.307 e. The number of hydrogen-bond donors (Lipinski definition) is 1. The average molecular weight is 244 g/mol. The molecule has 0 bridgehead atoms. The molecule has 0 aromatic carbocycles. The normalized spacial score (nSPS) is 12.0. The predicted molar refractivity (Wildman–Crippen MR) is 70.7 cm³/mol. The molecule has 0 aliphatic carbocycles. The molecule has 0 saturated carbocycles. The SMILES string of the molecule is CCNC(C)(C)c1csc(CSCC)n1. The maximum atomic E-state index is 4.67. The first-order valence-electron chi connectivity index (χ1n) is 5.37. The summed E-state index contributed by atoms with van der Waals surface area (Å²) in [6.45, 7) is 9.65. The number of hydrogen-bond acceptors (Lipinski definition) is 4. The molecule has 1 heterocycles. The summed E-state index contributed by atoms with van der Waals surface area (Å²) in [4.78, 5) is 4.67. The molecule has 1 rings (SSSR count). The monoisotopic (exact) mass is 244 g/mol. The zero-order chi connectivity index (χ0) is 11.3. The minimum atomic E-state index is 0.000378. The standard InChI is InChI=1S/C11H20N2S2/c1-5-12-11(3,4)9-7-15-10(13-9)8-14-6-2/h7,12H,5-6,8H2,1-4H3. The summed E-state index contributed by atoms with van der Waals surface area (Å²) in [5.41, 5.74) is 1.17. The number of thiazole rings is 1. The van der Waals surface area contributed by atoms with Crippen molar-refractivity contribution >= 4 is 23.1 Å². The lowest BCUT2D eigenvalue weighted by molar-refractivity contribution is 0.405. The molecule has 4 heteroatoms. The van der Waals surface area contributed by atoms with Crippen LogP contribution >= 0.6 is 23.1 Å². The molecule has 1 N–H and O–H groups in total. The summed E-state index contributed by atoms with van der Waals surface area (Å²) in [5.74, 6) is 2.20. The van der Waals surface area contributed by atoms with Crippen LogP contribution in [0.1, 0.15) is 38.4 Å². The van der Waals surface area contributed by atoms with Crippen LogP contribution in [0.3, 0.4) is 0 Å². The second-order valence-corrected chi connectivity index (χ2v) is 6.14. The van der Waals surface area contributed by atoms with Gasteiger partial charge in [0.25, 0.3) is 0 Å². The van der Waals surface area contributed by atoms with Gasteiger partial charge < -0.3 is 5.32 Å². The average Bonchev–Trinajstić information content (AvgIpc) is 2.63. The molecule has 0 aliphatic rings. The fourth-order valence-corrected chi connectivity index (χ4v) is 3.10. The van der Waals surface area contributed by atoms with Gasteiger partial charge >= 0.3 is 0 Å². The summed E-state index contributed by atoms with van der Waals surface area (Å²) in [7, 11) is 0. The predicted octanol–water partition coefficient (Wildman–Crippen LogP) is 3.24. The topological polar surface area (TPSA) is 24.9 Å². The van der Waals surface area contributed by atoms with Gasteiger partial charge in [-0.1, -0.05) is 13.8 Å². The van der Waals surface area contributed by atoms with Gasteiger partial charge in [0.05, 0.1) is 11.2 Å². The van der Waals surface area contributed by atoms with Gasteiger partial charge in [0.2, 0.25) is 0 Å². The van der Waals surface area contributed by atoms with Crippen molar-refractivity contribution in [2.45, 2.75) is 39.0 Å². The molecule has 0 spiro atoms. The van der Waals surface area contributed by atoms with Crippen molar-refractivity contribution in [2.75, 3.05) is 12.3 Å². The van der Waals surface area contributed by atoms with Crippen LogP contribution < -0.4 is 5.32 Å². The van der Waals surface area contributed by atoms with Gasteiger partial charge in [-0.3, -0.25) is 0 Å². The first kappa shape index (κ1) is 13.0. The molecule has 15 heavy (non-hydrogen) atoms. The molecular weight excluding hydrogens is 224 g/mol. The molecule has 0 fully saturated rings. The van der Waals surface area contributed by atoms with Gasteiger partial charge in [-0.25, -0.2) is 4.98 Å². The Kier molecular flexibility index (Phi) is 5.09. The van der Waals surface area contributed by atoms with Crippen LogP contribution in [0.2, 0.25) is 0 Å². The molecule has 0 aliphatic heterocycles. The minimum absolute atomic E-state index is 0.000378. The van der Waals surface area contributed by atoms with Crippen LogP contribution in [0.4, 0.5) is 0 Å². The van der Waals surface area contributed by atoms with E-state index in [0.29, 0.717) is 0 Å². The van der Waals surface area contributed by atoms with Gasteiger partial charge in [0.1, 0.15) is 5.01 Å². The highest BCUT2D eigenvalue weighted by Gasteiger charge is 2.21. The van der Waals surface area contributed by atoms with Crippen molar-refractivity contribution in [3.8, 4) is 0 Å². The van der Waals surface area contributed by atoms with E-state index in [1.165, 1.54) is 10.7 Å². The first-order valence-corrected chi connectivity index (χ1v) is 7.41. The van der Waals surface area contributed by atoms with E-state index in [1.54, 1.807) is 11.3 Å². The minimum Gasteiger partial charge on any atom is -0.307 e. The van der Waals surface area contributed by atoms with Gasteiger partial charge in [0.15, 0.2) is 0 Å². The summed E-state index contributed by atoms with van der Waals surface area (Å²) < 4.78 is 0. The number of aromatic nitrogens is 1. The van der Waals surface area contributed by atoms with Crippen molar-refractivity contribution < 1.29 is 0 Å². The van der Waals surface area contributed by atoms with E-state index < -0.39 is 0 Å². The van der Waals surface area contributed by atoms with E-state index in [-0.39, 0.29) is 5.54 Å². The molecule has 1 aromatic heterocycles. The quantitative estimate of drug-likeness (QED) is 0.831. The zero-order valence-electron chi connectivity index (χ0n) is 9.96. The lowest BCUT2D eigenvalue weighted by Gasteiger charge is -2.23. The highest BCUT2D eigenvalue weighted by molar-refractivity contribution is 7.98. The Morgan fingerprint density at radius 3 is 2.80 bits per heavy atom. The Balaban J connectivity index is 2.66. The Hall–Kier alpha value is -0.0600. The molecule has 0 atom stereocenters. The number of nitrogens with one attached hydrogen (secondary N) is 1. The zero-order valence-corrected chi connectivity index (χ0v) is 11.6. The molecular formula is C11H20N2S2. The second kappa shape index (κ2) is 5.87. The second-order valence-electron chi connectivity index (χ2n) is 3.92.